The zero-order valence-electron chi connectivity index (χ0n) is 9.25. The van der Waals surface area contributed by atoms with Crippen LogP contribution in [0.1, 0.15) is 12.5 Å². The van der Waals surface area contributed by atoms with Gasteiger partial charge >= 0.3 is 0 Å². The van der Waals surface area contributed by atoms with Gasteiger partial charge < -0.3 is 9.64 Å². The van der Waals surface area contributed by atoms with Gasteiger partial charge in [-0.25, -0.2) is 4.39 Å². The molecule has 0 radical (unpaired) electrons. The Balaban J connectivity index is 2.24. The largest absolute Gasteiger partial charge is 0.375 e. The van der Waals surface area contributed by atoms with Gasteiger partial charge in [-0.2, -0.15) is 0 Å². The van der Waals surface area contributed by atoms with Gasteiger partial charge in [0.2, 0.25) is 0 Å². The summed E-state index contributed by atoms with van der Waals surface area (Å²) in [5.41, 5.74) is 2.10. The topological polar surface area (TPSA) is 12.5 Å². The van der Waals surface area contributed by atoms with E-state index in [1.54, 1.807) is 6.07 Å². The Kier molecular flexibility index (Phi) is 3.82. The Morgan fingerprint density at radius 3 is 3.06 bits per heavy atom. The van der Waals surface area contributed by atoms with Gasteiger partial charge in [0.1, 0.15) is 5.82 Å². The van der Waals surface area contributed by atoms with Crippen LogP contribution in [-0.2, 0) is 10.1 Å². The van der Waals surface area contributed by atoms with Crippen molar-refractivity contribution in [3.05, 3.63) is 29.6 Å². The van der Waals surface area contributed by atoms with Crippen molar-refractivity contribution in [2.45, 2.75) is 18.4 Å². The van der Waals surface area contributed by atoms with Crippen molar-refractivity contribution < 1.29 is 9.13 Å². The van der Waals surface area contributed by atoms with E-state index in [1.807, 2.05) is 6.07 Å². The average molecular weight is 288 g/mol. The summed E-state index contributed by atoms with van der Waals surface area (Å²) < 4.78 is 18.6. The minimum Gasteiger partial charge on any atom is -0.375 e. The van der Waals surface area contributed by atoms with Crippen molar-refractivity contribution in [1.82, 2.24) is 0 Å². The number of anilines is 1. The quantitative estimate of drug-likeness (QED) is 0.776. The molecule has 0 spiro atoms. The Morgan fingerprint density at radius 2 is 2.38 bits per heavy atom. The molecule has 1 saturated heterocycles. The lowest BCUT2D eigenvalue weighted by atomic mass is 10.1. The summed E-state index contributed by atoms with van der Waals surface area (Å²) in [7, 11) is 0. The van der Waals surface area contributed by atoms with Crippen LogP contribution in [0.25, 0.3) is 0 Å². The van der Waals surface area contributed by atoms with E-state index in [9.17, 15) is 4.39 Å². The average Bonchev–Trinajstić information content (AvgIpc) is 2.28. The summed E-state index contributed by atoms with van der Waals surface area (Å²) in [6.07, 6.45) is 0.238. The number of benzene rings is 1. The number of alkyl halides is 1. The molecule has 0 aliphatic carbocycles. The van der Waals surface area contributed by atoms with Crippen LogP contribution >= 0.6 is 15.9 Å². The number of hydrogen-bond donors (Lipinski definition) is 0. The molecular weight excluding hydrogens is 273 g/mol. The number of halogens is 2. The fourth-order valence-corrected chi connectivity index (χ4v) is 2.46. The van der Waals surface area contributed by atoms with Gasteiger partial charge in [0.15, 0.2) is 0 Å². The lowest BCUT2D eigenvalue weighted by Gasteiger charge is -2.34. The van der Waals surface area contributed by atoms with Crippen LogP contribution in [0, 0.1) is 5.82 Å². The molecule has 0 saturated carbocycles. The molecule has 2 rings (SSSR count). The molecule has 1 atom stereocenters. The van der Waals surface area contributed by atoms with E-state index in [2.05, 4.69) is 27.8 Å². The molecule has 1 unspecified atom stereocenters. The molecule has 1 fully saturated rings. The summed E-state index contributed by atoms with van der Waals surface area (Å²) >= 11 is 3.40. The lowest BCUT2D eigenvalue weighted by Crippen LogP contribution is -2.41. The summed E-state index contributed by atoms with van der Waals surface area (Å²) in [4.78, 5) is 2.25. The zero-order valence-corrected chi connectivity index (χ0v) is 10.8. The van der Waals surface area contributed by atoms with Crippen LogP contribution in [0.2, 0.25) is 0 Å². The predicted molar refractivity (Wildman–Crippen MR) is 66.7 cm³/mol. The molecule has 0 N–H and O–H groups in total. The van der Waals surface area contributed by atoms with E-state index in [0.29, 0.717) is 5.33 Å². The van der Waals surface area contributed by atoms with Gasteiger partial charge in [-0.15, -0.1) is 0 Å². The molecule has 88 valence electrons. The van der Waals surface area contributed by atoms with Crippen LogP contribution < -0.4 is 4.90 Å². The van der Waals surface area contributed by atoms with Gasteiger partial charge in [-0.05, 0) is 30.7 Å². The minimum absolute atomic E-state index is 0.181. The van der Waals surface area contributed by atoms with E-state index in [4.69, 9.17) is 4.74 Å². The summed E-state index contributed by atoms with van der Waals surface area (Å²) in [5.74, 6) is -0.181. The monoisotopic (exact) mass is 287 g/mol. The Morgan fingerprint density at radius 1 is 1.56 bits per heavy atom. The third-order valence-corrected chi connectivity index (χ3v) is 3.37. The van der Waals surface area contributed by atoms with Crippen LogP contribution in [0.4, 0.5) is 10.1 Å². The maximum Gasteiger partial charge on any atom is 0.123 e. The molecule has 0 bridgehead atoms. The van der Waals surface area contributed by atoms with Gasteiger partial charge in [0.05, 0.1) is 12.7 Å². The fourth-order valence-electron chi connectivity index (χ4n) is 2.01. The highest BCUT2D eigenvalue weighted by Crippen LogP contribution is 2.25. The Labute approximate surface area is 104 Å². The van der Waals surface area contributed by atoms with E-state index >= 15 is 0 Å². The fraction of sp³-hybridized carbons (Fsp3) is 0.500. The summed E-state index contributed by atoms with van der Waals surface area (Å²) in [6.45, 7) is 4.53. The van der Waals surface area contributed by atoms with E-state index in [-0.39, 0.29) is 11.9 Å². The second-order valence-electron chi connectivity index (χ2n) is 4.03. The predicted octanol–water partition coefficient (Wildman–Crippen LogP) is 2.95. The van der Waals surface area contributed by atoms with Crippen molar-refractivity contribution in [3.8, 4) is 0 Å². The molecule has 4 heteroatoms. The molecule has 1 aliphatic rings. The molecule has 1 aliphatic heterocycles. The summed E-state index contributed by atoms with van der Waals surface area (Å²) in [5, 5.41) is 0.672. The van der Waals surface area contributed by atoms with E-state index < -0.39 is 0 Å². The van der Waals surface area contributed by atoms with Crippen molar-refractivity contribution in [1.29, 1.82) is 0 Å². The number of hydrogen-bond acceptors (Lipinski definition) is 2. The first kappa shape index (κ1) is 11.9. The normalized spacial score (nSPS) is 21.2. The Bertz CT molecular complexity index is 372. The minimum atomic E-state index is -0.181. The van der Waals surface area contributed by atoms with E-state index in [1.165, 1.54) is 6.07 Å². The van der Waals surface area contributed by atoms with Gasteiger partial charge in [-0.3, -0.25) is 0 Å². The van der Waals surface area contributed by atoms with Gasteiger partial charge in [0.25, 0.3) is 0 Å². The SMILES string of the molecule is CC1CN(c2ccc(F)cc2CBr)CCO1. The first-order valence-electron chi connectivity index (χ1n) is 5.41. The van der Waals surface area contributed by atoms with Crippen LogP contribution in [-0.4, -0.2) is 25.8 Å². The highest BCUT2D eigenvalue weighted by Gasteiger charge is 2.19. The van der Waals surface area contributed by atoms with Crippen LogP contribution in [0.15, 0.2) is 18.2 Å². The first-order chi connectivity index (χ1) is 7.70. The van der Waals surface area contributed by atoms with Crippen molar-refractivity contribution in [3.63, 3.8) is 0 Å². The second kappa shape index (κ2) is 5.15. The third-order valence-electron chi connectivity index (χ3n) is 2.77. The van der Waals surface area contributed by atoms with Crippen molar-refractivity contribution in [2.24, 2.45) is 0 Å². The van der Waals surface area contributed by atoms with E-state index in [0.717, 1.165) is 30.9 Å². The smallest absolute Gasteiger partial charge is 0.123 e. The first-order valence-corrected chi connectivity index (χ1v) is 6.54. The molecule has 2 nitrogen and oxygen atoms in total. The molecule has 1 heterocycles. The van der Waals surface area contributed by atoms with Gasteiger partial charge in [0, 0.05) is 24.1 Å². The standard InChI is InChI=1S/C12H15BrFNO/c1-9-8-15(4-5-16-9)12-3-2-11(14)6-10(12)7-13/h2-3,6,9H,4-5,7-8H2,1H3. The molecule has 0 aromatic heterocycles. The van der Waals surface area contributed by atoms with Gasteiger partial charge in [-0.1, -0.05) is 15.9 Å². The highest BCUT2D eigenvalue weighted by molar-refractivity contribution is 9.08. The lowest BCUT2D eigenvalue weighted by molar-refractivity contribution is 0.0532. The zero-order chi connectivity index (χ0) is 11.5. The maximum absolute atomic E-state index is 13.1. The molecule has 1 aromatic rings. The highest BCUT2D eigenvalue weighted by atomic mass is 79.9. The molecule has 0 amide bonds. The third kappa shape index (κ3) is 2.55. The number of morpholine rings is 1. The Hall–Kier alpha value is -0.610. The molecule has 16 heavy (non-hydrogen) atoms. The number of ether oxygens (including phenoxy) is 1. The van der Waals surface area contributed by atoms with Crippen molar-refractivity contribution in [2.75, 3.05) is 24.6 Å². The summed E-state index contributed by atoms with van der Waals surface area (Å²) in [6, 6.07) is 4.95. The van der Waals surface area contributed by atoms with Crippen LogP contribution in [0.3, 0.4) is 0 Å². The maximum atomic E-state index is 13.1. The second-order valence-corrected chi connectivity index (χ2v) is 4.59. The number of nitrogens with zero attached hydrogens (tertiary/aromatic N) is 1. The van der Waals surface area contributed by atoms with Crippen LogP contribution in [0.5, 0.6) is 0 Å². The molecule has 1 aromatic carbocycles. The number of rotatable bonds is 2. The van der Waals surface area contributed by atoms with Crippen molar-refractivity contribution >= 4 is 21.6 Å². The molecular formula is C12H15BrFNO.